The van der Waals surface area contributed by atoms with E-state index in [-0.39, 0.29) is 5.56 Å². The highest BCUT2D eigenvalue weighted by atomic mass is 32.1. The zero-order valence-corrected chi connectivity index (χ0v) is 19.0. The van der Waals surface area contributed by atoms with E-state index in [4.69, 9.17) is 24.5 Å². The quantitative estimate of drug-likeness (QED) is 0.361. The molecule has 0 fully saturated rings. The Morgan fingerprint density at radius 1 is 1.12 bits per heavy atom. The molecule has 0 unspecified atom stereocenters. The SMILES string of the molecule is COCCOc1c(C=Cc2nc3sccn3c(=O)c2-c2ccc(C#N)cc2)cccc1OC. The van der Waals surface area contributed by atoms with Gasteiger partial charge in [0.25, 0.3) is 5.56 Å². The average molecular weight is 460 g/mol. The topological polar surface area (TPSA) is 85.9 Å². The highest BCUT2D eigenvalue weighted by molar-refractivity contribution is 7.15. The lowest BCUT2D eigenvalue weighted by molar-refractivity contribution is 0.144. The Hall–Kier alpha value is -3.93. The summed E-state index contributed by atoms with van der Waals surface area (Å²) in [6, 6.07) is 14.6. The second-order valence-corrected chi connectivity index (χ2v) is 7.85. The lowest BCUT2D eigenvalue weighted by atomic mass is 10.0. The molecule has 0 saturated carbocycles. The number of fused-ring (bicyclic) bond motifs is 1. The van der Waals surface area contributed by atoms with Gasteiger partial charge in [-0.25, -0.2) is 4.98 Å². The van der Waals surface area contributed by atoms with Crippen molar-refractivity contribution in [3.63, 3.8) is 0 Å². The minimum atomic E-state index is -0.173. The normalized spacial score (nSPS) is 11.1. The molecule has 8 heteroatoms. The van der Waals surface area contributed by atoms with Gasteiger partial charge in [0, 0.05) is 24.3 Å². The van der Waals surface area contributed by atoms with Crippen LogP contribution in [-0.4, -0.2) is 36.8 Å². The van der Waals surface area contributed by atoms with Crippen LogP contribution in [-0.2, 0) is 4.74 Å². The van der Waals surface area contributed by atoms with Crippen LogP contribution in [0.2, 0.25) is 0 Å². The lowest BCUT2D eigenvalue weighted by Crippen LogP contribution is -2.17. The van der Waals surface area contributed by atoms with Gasteiger partial charge in [-0.15, -0.1) is 11.3 Å². The molecule has 0 atom stereocenters. The molecule has 4 aromatic rings. The van der Waals surface area contributed by atoms with Gasteiger partial charge < -0.3 is 14.2 Å². The van der Waals surface area contributed by atoms with E-state index in [1.807, 2.05) is 29.7 Å². The average Bonchev–Trinajstić information content (AvgIpc) is 3.32. The maximum atomic E-state index is 13.3. The monoisotopic (exact) mass is 459 g/mol. The highest BCUT2D eigenvalue weighted by Crippen LogP contribution is 2.33. The number of hydrogen-bond acceptors (Lipinski definition) is 7. The van der Waals surface area contributed by atoms with E-state index in [1.54, 1.807) is 50.8 Å². The van der Waals surface area contributed by atoms with Crippen molar-refractivity contribution in [2.45, 2.75) is 0 Å². The van der Waals surface area contributed by atoms with Crippen molar-refractivity contribution in [2.24, 2.45) is 0 Å². The third-order valence-corrected chi connectivity index (χ3v) is 5.74. The second-order valence-electron chi connectivity index (χ2n) is 6.98. The summed E-state index contributed by atoms with van der Waals surface area (Å²) < 4.78 is 18.0. The molecule has 0 amide bonds. The van der Waals surface area contributed by atoms with Crippen LogP contribution in [0.1, 0.15) is 16.8 Å². The van der Waals surface area contributed by atoms with Crippen molar-refractivity contribution in [3.05, 3.63) is 81.2 Å². The summed E-state index contributed by atoms with van der Waals surface area (Å²) in [5.41, 5.74) is 2.80. The van der Waals surface area contributed by atoms with Gasteiger partial charge in [-0.05, 0) is 35.9 Å². The van der Waals surface area contributed by atoms with E-state index in [1.165, 1.54) is 15.7 Å². The van der Waals surface area contributed by atoms with E-state index in [2.05, 4.69) is 6.07 Å². The Morgan fingerprint density at radius 3 is 2.67 bits per heavy atom. The van der Waals surface area contributed by atoms with Gasteiger partial charge in [0.2, 0.25) is 0 Å². The molecule has 33 heavy (non-hydrogen) atoms. The Labute approximate surface area is 194 Å². The van der Waals surface area contributed by atoms with Gasteiger partial charge in [-0.1, -0.05) is 24.3 Å². The number of methoxy groups -OCH3 is 2. The molecule has 0 spiro atoms. The standard InChI is InChI=1S/C25H21N3O4S/c1-30-13-14-32-23-19(4-3-5-21(23)31-2)10-11-20-22(18-8-6-17(16-26)7-9-18)24(29)28-12-15-33-25(28)27-20/h3-12,15H,13-14H2,1-2H3. The van der Waals surface area contributed by atoms with Crippen LogP contribution in [0.25, 0.3) is 28.2 Å². The predicted molar refractivity (Wildman–Crippen MR) is 129 cm³/mol. The molecule has 0 bridgehead atoms. The second kappa shape index (κ2) is 10.1. The number of nitrogens with zero attached hydrogens (tertiary/aromatic N) is 3. The summed E-state index contributed by atoms with van der Waals surface area (Å²) in [5.74, 6) is 1.18. The first-order valence-corrected chi connectivity index (χ1v) is 11.0. The first kappa shape index (κ1) is 22.3. The largest absolute Gasteiger partial charge is 0.493 e. The van der Waals surface area contributed by atoms with Crippen LogP contribution in [0.3, 0.4) is 0 Å². The van der Waals surface area contributed by atoms with Gasteiger partial charge >= 0.3 is 0 Å². The molecule has 2 aromatic heterocycles. The predicted octanol–water partition coefficient (Wildman–Crippen LogP) is 4.50. The molecular formula is C25H21N3O4S. The van der Waals surface area contributed by atoms with Crippen LogP contribution in [0.15, 0.2) is 58.8 Å². The lowest BCUT2D eigenvalue weighted by Gasteiger charge is -2.13. The Bertz CT molecular complexity index is 1400. The fourth-order valence-corrected chi connectivity index (χ4v) is 4.09. The van der Waals surface area contributed by atoms with Crippen LogP contribution in [0.4, 0.5) is 0 Å². The van der Waals surface area contributed by atoms with Crippen molar-refractivity contribution in [1.29, 1.82) is 5.26 Å². The Kier molecular flexibility index (Phi) is 6.83. The third-order valence-electron chi connectivity index (χ3n) is 4.98. The van der Waals surface area contributed by atoms with Crippen molar-refractivity contribution >= 4 is 28.4 Å². The van der Waals surface area contributed by atoms with E-state index >= 15 is 0 Å². The fraction of sp³-hybridized carbons (Fsp3) is 0.160. The van der Waals surface area contributed by atoms with Gasteiger partial charge in [-0.3, -0.25) is 9.20 Å². The summed E-state index contributed by atoms with van der Waals surface area (Å²) in [4.78, 5) is 18.6. The molecule has 0 aliphatic carbocycles. The van der Waals surface area contributed by atoms with Crippen molar-refractivity contribution in [2.75, 3.05) is 27.4 Å². The summed E-state index contributed by atoms with van der Waals surface area (Å²) in [7, 11) is 3.20. The zero-order chi connectivity index (χ0) is 23.2. The zero-order valence-electron chi connectivity index (χ0n) is 18.1. The first-order chi connectivity index (χ1) is 16.2. The number of rotatable bonds is 8. The van der Waals surface area contributed by atoms with Crippen LogP contribution < -0.4 is 15.0 Å². The minimum Gasteiger partial charge on any atom is -0.493 e. The molecule has 4 rings (SSSR count). The molecule has 2 aromatic carbocycles. The van der Waals surface area contributed by atoms with E-state index < -0.39 is 0 Å². The number of thiazole rings is 1. The molecule has 0 saturated heterocycles. The Balaban J connectivity index is 1.82. The number of para-hydroxylation sites is 1. The van der Waals surface area contributed by atoms with Crippen LogP contribution in [0, 0.1) is 11.3 Å². The molecule has 0 N–H and O–H groups in total. The maximum absolute atomic E-state index is 13.3. The molecule has 7 nitrogen and oxygen atoms in total. The van der Waals surface area contributed by atoms with Crippen molar-refractivity contribution in [1.82, 2.24) is 9.38 Å². The number of hydrogen-bond donors (Lipinski definition) is 0. The number of ether oxygens (including phenoxy) is 3. The number of benzene rings is 2. The highest BCUT2D eigenvalue weighted by Gasteiger charge is 2.15. The van der Waals surface area contributed by atoms with Gasteiger partial charge in [0.15, 0.2) is 16.5 Å². The van der Waals surface area contributed by atoms with E-state index in [0.29, 0.717) is 52.1 Å². The van der Waals surface area contributed by atoms with Crippen LogP contribution in [0.5, 0.6) is 11.5 Å². The molecule has 2 heterocycles. The fourth-order valence-electron chi connectivity index (χ4n) is 3.37. The third kappa shape index (κ3) is 4.65. The van der Waals surface area contributed by atoms with E-state index in [9.17, 15) is 4.79 Å². The Morgan fingerprint density at radius 2 is 1.94 bits per heavy atom. The van der Waals surface area contributed by atoms with Gasteiger partial charge in [0.05, 0.1) is 36.6 Å². The molecule has 166 valence electrons. The first-order valence-electron chi connectivity index (χ1n) is 10.1. The number of aromatic nitrogens is 2. The summed E-state index contributed by atoms with van der Waals surface area (Å²) >= 11 is 1.39. The molecule has 0 aliphatic rings. The molecular weight excluding hydrogens is 438 g/mol. The maximum Gasteiger partial charge on any atom is 0.266 e. The minimum absolute atomic E-state index is 0.173. The van der Waals surface area contributed by atoms with Gasteiger partial charge in [-0.2, -0.15) is 5.26 Å². The molecule has 0 aliphatic heterocycles. The smallest absolute Gasteiger partial charge is 0.266 e. The summed E-state index contributed by atoms with van der Waals surface area (Å²) in [5, 5.41) is 10.9. The summed E-state index contributed by atoms with van der Waals surface area (Å²) in [6.07, 6.45) is 5.36. The van der Waals surface area contributed by atoms with Crippen LogP contribution >= 0.6 is 11.3 Å². The molecule has 0 radical (unpaired) electrons. The number of nitriles is 1. The van der Waals surface area contributed by atoms with Crippen molar-refractivity contribution < 1.29 is 14.2 Å². The van der Waals surface area contributed by atoms with Crippen molar-refractivity contribution in [3.8, 4) is 28.7 Å². The van der Waals surface area contributed by atoms with Gasteiger partial charge in [0.1, 0.15) is 6.61 Å². The summed E-state index contributed by atoms with van der Waals surface area (Å²) in [6.45, 7) is 0.812. The van der Waals surface area contributed by atoms with E-state index in [0.717, 1.165) is 5.56 Å².